The van der Waals surface area contributed by atoms with Crippen molar-refractivity contribution in [2.45, 2.75) is 39.8 Å². The van der Waals surface area contributed by atoms with E-state index in [9.17, 15) is 28.0 Å². The van der Waals surface area contributed by atoms with Gasteiger partial charge in [0, 0.05) is 11.4 Å². The summed E-state index contributed by atoms with van der Waals surface area (Å²) >= 11 is 7.18. The van der Waals surface area contributed by atoms with E-state index >= 15 is 0 Å². The number of furan rings is 1. The molecule has 4 rings (SSSR count). The molecule has 1 aliphatic rings. The number of benzene rings is 2. The van der Waals surface area contributed by atoms with Crippen molar-refractivity contribution in [3.05, 3.63) is 104 Å². The Bertz CT molecular complexity index is 1630. The van der Waals surface area contributed by atoms with Gasteiger partial charge in [0.05, 0.1) is 56.5 Å². The number of aryl methyl sites for hydroxylation is 3. The Morgan fingerprint density at radius 3 is 2.38 bits per heavy atom. The number of halogens is 4. The standard InChI is InChI=1S/C30H26ClF3N4O3S/c1-15-10-16(2)27(17(3)11-15)38-24(39)14-42-29-20(13-35)26(23-6-5-9-41-23)25(18(4)36-29)28(40)37-22-12-19(30(32,33)34)7-8-21(22)31/h5-12,26,36H,14H2,1-4H3,(H,37,40)(H,38,39)/t26-/m1/s1. The number of carbonyl (C=O) groups is 2. The van der Waals surface area contributed by atoms with Crippen LogP contribution < -0.4 is 16.0 Å². The molecule has 0 saturated carbocycles. The highest BCUT2D eigenvalue weighted by molar-refractivity contribution is 8.03. The molecule has 2 heterocycles. The number of anilines is 2. The number of alkyl halides is 3. The maximum atomic E-state index is 13.5. The van der Waals surface area contributed by atoms with Gasteiger partial charge in [-0.3, -0.25) is 9.59 Å². The molecule has 0 fully saturated rings. The fraction of sp³-hybridized carbons (Fsp3) is 0.233. The number of hydrogen-bond donors (Lipinski definition) is 3. The molecule has 2 amide bonds. The van der Waals surface area contributed by atoms with Crippen LogP contribution in [0, 0.1) is 32.1 Å². The molecule has 218 valence electrons. The van der Waals surface area contributed by atoms with Crippen molar-refractivity contribution in [2.75, 3.05) is 16.4 Å². The van der Waals surface area contributed by atoms with Crippen LogP contribution in [0.1, 0.15) is 40.9 Å². The Balaban J connectivity index is 1.61. The SMILES string of the molecule is CC1=C(C(=O)Nc2cc(C(F)(F)F)ccc2Cl)[C@@H](c2ccco2)C(C#N)=C(SCC(=O)Nc2c(C)cc(C)cc2C)N1. The number of hydrogen-bond acceptors (Lipinski definition) is 6. The quantitative estimate of drug-likeness (QED) is 0.253. The lowest BCUT2D eigenvalue weighted by molar-refractivity contribution is -0.137. The molecular weight excluding hydrogens is 589 g/mol. The molecule has 3 aromatic rings. The first-order valence-corrected chi connectivity index (χ1v) is 14.0. The zero-order valence-corrected chi connectivity index (χ0v) is 24.6. The molecule has 2 aromatic carbocycles. The third-order valence-corrected chi connectivity index (χ3v) is 7.90. The summed E-state index contributed by atoms with van der Waals surface area (Å²) in [5.41, 5.74) is 2.90. The summed E-state index contributed by atoms with van der Waals surface area (Å²) in [6, 6.07) is 11.8. The largest absolute Gasteiger partial charge is 0.468 e. The molecule has 42 heavy (non-hydrogen) atoms. The predicted molar refractivity (Wildman–Crippen MR) is 157 cm³/mol. The van der Waals surface area contributed by atoms with Gasteiger partial charge in [0.25, 0.3) is 5.91 Å². The highest BCUT2D eigenvalue weighted by Gasteiger charge is 2.37. The summed E-state index contributed by atoms with van der Waals surface area (Å²) < 4.78 is 45.4. The number of allylic oxidation sites excluding steroid dienone is 2. The van der Waals surface area contributed by atoms with Gasteiger partial charge in [-0.2, -0.15) is 18.4 Å². The second kappa shape index (κ2) is 12.4. The van der Waals surface area contributed by atoms with E-state index < -0.39 is 23.6 Å². The van der Waals surface area contributed by atoms with Crippen molar-refractivity contribution in [1.82, 2.24) is 5.32 Å². The van der Waals surface area contributed by atoms with Gasteiger partial charge in [-0.25, -0.2) is 0 Å². The Morgan fingerprint density at radius 2 is 1.79 bits per heavy atom. The van der Waals surface area contributed by atoms with Crippen molar-refractivity contribution >= 4 is 46.6 Å². The van der Waals surface area contributed by atoms with Crippen molar-refractivity contribution < 1.29 is 27.2 Å². The van der Waals surface area contributed by atoms with Gasteiger partial charge in [0.15, 0.2) is 0 Å². The van der Waals surface area contributed by atoms with Crippen LogP contribution in [0.2, 0.25) is 5.02 Å². The minimum absolute atomic E-state index is 0.0419. The fourth-order valence-electron chi connectivity index (χ4n) is 4.74. The smallest absolute Gasteiger partial charge is 0.416 e. The summed E-state index contributed by atoms with van der Waals surface area (Å²) in [6.07, 6.45) is -3.26. The lowest BCUT2D eigenvalue weighted by Gasteiger charge is -2.28. The van der Waals surface area contributed by atoms with Crippen LogP contribution in [0.15, 0.2) is 75.0 Å². The van der Waals surface area contributed by atoms with Gasteiger partial charge in [-0.05, 0) is 69.2 Å². The Hall–Kier alpha value is -4.14. The highest BCUT2D eigenvalue weighted by atomic mass is 35.5. The number of thioether (sulfide) groups is 1. The molecular formula is C30H26ClF3N4O3S. The molecule has 1 atom stereocenters. The number of nitriles is 1. The average Bonchev–Trinajstić information content (AvgIpc) is 3.44. The van der Waals surface area contributed by atoms with E-state index in [0.717, 1.165) is 46.7 Å². The van der Waals surface area contributed by atoms with E-state index in [1.807, 2.05) is 32.9 Å². The van der Waals surface area contributed by atoms with Crippen molar-refractivity contribution in [3.63, 3.8) is 0 Å². The number of dihydropyridines is 1. The zero-order valence-electron chi connectivity index (χ0n) is 23.0. The first-order chi connectivity index (χ1) is 19.8. The molecule has 1 aliphatic heterocycles. The van der Waals surface area contributed by atoms with Crippen LogP contribution in [0.25, 0.3) is 0 Å². The molecule has 12 heteroatoms. The second-order valence-electron chi connectivity index (χ2n) is 9.72. The number of carbonyl (C=O) groups excluding carboxylic acids is 2. The van der Waals surface area contributed by atoms with Crippen LogP contribution in [-0.4, -0.2) is 17.6 Å². The van der Waals surface area contributed by atoms with Gasteiger partial charge in [0.2, 0.25) is 5.91 Å². The molecule has 0 spiro atoms. The molecule has 0 saturated heterocycles. The first-order valence-electron chi connectivity index (χ1n) is 12.6. The lowest BCUT2D eigenvalue weighted by Crippen LogP contribution is -2.31. The van der Waals surface area contributed by atoms with Crippen LogP contribution in [-0.2, 0) is 15.8 Å². The zero-order chi connectivity index (χ0) is 30.8. The van der Waals surface area contributed by atoms with Gasteiger partial charge >= 0.3 is 6.18 Å². The van der Waals surface area contributed by atoms with E-state index in [2.05, 4.69) is 22.0 Å². The van der Waals surface area contributed by atoms with Crippen molar-refractivity contribution in [3.8, 4) is 6.07 Å². The molecule has 7 nitrogen and oxygen atoms in total. The number of rotatable bonds is 7. The second-order valence-corrected chi connectivity index (χ2v) is 11.1. The molecule has 0 aliphatic carbocycles. The average molecular weight is 615 g/mol. The molecule has 0 radical (unpaired) electrons. The van der Waals surface area contributed by atoms with Gasteiger partial charge < -0.3 is 20.4 Å². The molecule has 1 aromatic heterocycles. The summed E-state index contributed by atoms with van der Waals surface area (Å²) in [7, 11) is 0. The Kier molecular flexibility index (Phi) is 9.09. The topological polar surface area (TPSA) is 107 Å². The van der Waals surface area contributed by atoms with Crippen LogP contribution in [0.3, 0.4) is 0 Å². The van der Waals surface area contributed by atoms with E-state index in [1.165, 1.54) is 6.26 Å². The maximum absolute atomic E-state index is 13.5. The number of nitrogens with one attached hydrogen (secondary N) is 3. The van der Waals surface area contributed by atoms with E-state index in [4.69, 9.17) is 16.0 Å². The third-order valence-electron chi connectivity index (χ3n) is 6.55. The Morgan fingerprint density at radius 1 is 1.10 bits per heavy atom. The fourth-order valence-corrected chi connectivity index (χ4v) is 5.80. The minimum atomic E-state index is -4.64. The summed E-state index contributed by atoms with van der Waals surface area (Å²) in [5.74, 6) is -1.84. The summed E-state index contributed by atoms with van der Waals surface area (Å²) in [5, 5.41) is 18.8. The van der Waals surface area contributed by atoms with Gasteiger partial charge in [-0.15, -0.1) is 0 Å². The maximum Gasteiger partial charge on any atom is 0.416 e. The van der Waals surface area contributed by atoms with E-state index in [1.54, 1.807) is 19.1 Å². The van der Waals surface area contributed by atoms with Gasteiger partial charge in [-0.1, -0.05) is 41.1 Å². The monoisotopic (exact) mass is 614 g/mol. The normalized spacial score (nSPS) is 15.3. The Labute approximate surface area is 249 Å². The third kappa shape index (κ3) is 6.66. The van der Waals surface area contributed by atoms with E-state index in [0.29, 0.717) is 16.4 Å². The predicted octanol–water partition coefficient (Wildman–Crippen LogP) is 7.58. The highest BCUT2D eigenvalue weighted by Crippen LogP contribution is 2.42. The van der Waals surface area contributed by atoms with E-state index in [-0.39, 0.29) is 39.3 Å². The van der Waals surface area contributed by atoms with Crippen molar-refractivity contribution in [2.24, 2.45) is 0 Å². The summed E-state index contributed by atoms with van der Waals surface area (Å²) in [4.78, 5) is 26.4. The van der Waals surface area contributed by atoms with Gasteiger partial charge in [0.1, 0.15) is 5.76 Å². The van der Waals surface area contributed by atoms with Crippen LogP contribution in [0.4, 0.5) is 24.5 Å². The molecule has 0 bridgehead atoms. The molecule has 0 unspecified atom stereocenters. The van der Waals surface area contributed by atoms with Crippen LogP contribution >= 0.6 is 23.4 Å². The summed E-state index contributed by atoms with van der Waals surface area (Å²) in [6.45, 7) is 7.37. The minimum Gasteiger partial charge on any atom is -0.468 e. The lowest BCUT2D eigenvalue weighted by atomic mass is 9.85. The van der Waals surface area contributed by atoms with Crippen molar-refractivity contribution in [1.29, 1.82) is 5.26 Å². The molecule has 3 N–H and O–H groups in total. The van der Waals surface area contributed by atoms with Crippen LogP contribution in [0.5, 0.6) is 0 Å². The first kappa shape index (κ1) is 30.8. The number of amides is 2. The number of nitrogens with zero attached hydrogens (tertiary/aromatic N) is 1.